The van der Waals surface area contributed by atoms with Crippen LogP contribution in [0.2, 0.25) is 0 Å². The number of hydrogen-bond acceptors (Lipinski definition) is 3. The van der Waals surface area contributed by atoms with E-state index in [1.54, 1.807) is 0 Å². The van der Waals surface area contributed by atoms with Crippen molar-refractivity contribution in [3.05, 3.63) is 0 Å². The molecule has 4 heteroatoms. The van der Waals surface area contributed by atoms with E-state index in [1.807, 2.05) is 0 Å². The van der Waals surface area contributed by atoms with Gasteiger partial charge in [-0.3, -0.25) is 9.69 Å². The summed E-state index contributed by atoms with van der Waals surface area (Å²) < 4.78 is 0. The molecular weight excluding hydrogens is 286 g/mol. The van der Waals surface area contributed by atoms with Crippen molar-refractivity contribution in [3.8, 4) is 6.07 Å². The molecule has 1 saturated heterocycles. The van der Waals surface area contributed by atoms with E-state index in [4.69, 9.17) is 0 Å². The molecule has 1 amide bonds. The number of nitrogens with zero attached hydrogens (tertiary/aromatic N) is 2. The average Bonchev–Trinajstić information content (AvgIpc) is 2.73. The Morgan fingerprint density at radius 3 is 2.48 bits per heavy atom. The zero-order valence-electron chi connectivity index (χ0n) is 15.2. The van der Waals surface area contributed by atoms with E-state index in [1.165, 1.54) is 25.7 Å². The van der Waals surface area contributed by atoms with Gasteiger partial charge in [-0.15, -0.1) is 0 Å². The highest BCUT2D eigenvalue weighted by Crippen LogP contribution is 2.34. The van der Waals surface area contributed by atoms with Crippen LogP contribution in [-0.2, 0) is 4.79 Å². The minimum atomic E-state index is -0.602. The Hall–Kier alpha value is -1.08. The lowest BCUT2D eigenvalue weighted by molar-refractivity contribution is -0.123. The van der Waals surface area contributed by atoms with Crippen molar-refractivity contribution in [2.24, 2.45) is 11.3 Å². The standard InChI is InChI=1S/C19H33N3O/c1-18(2,3)16-8-7-12-22(13-9-16)14-17(23)21-19(15-20)10-5-4-6-11-19/h16H,4-14H2,1-3H3,(H,21,23). The molecule has 0 aromatic carbocycles. The number of likely N-dealkylation sites (tertiary alicyclic amines) is 1. The molecule has 2 rings (SSSR count). The zero-order chi connectivity index (χ0) is 16.9. The summed E-state index contributed by atoms with van der Waals surface area (Å²) in [6, 6.07) is 2.37. The van der Waals surface area contributed by atoms with Crippen molar-refractivity contribution in [2.75, 3.05) is 19.6 Å². The fourth-order valence-electron chi connectivity index (χ4n) is 4.11. The Morgan fingerprint density at radius 2 is 1.87 bits per heavy atom. The monoisotopic (exact) mass is 319 g/mol. The second-order valence-electron chi connectivity index (χ2n) is 8.57. The van der Waals surface area contributed by atoms with E-state index in [-0.39, 0.29) is 5.91 Å². The van der Waals surface area contributed by atoms with Crippen molar-refractivity contribution in [1.82, 2.24) is 10.2 Å². The maximum atomic E-state index is 12.4. The van der Waals surface area contributed by atoms with E-state index >= 15 is 0 Å². The maximum absolute atomic E-state index is 12.4. The molecule has 1 saturated carbocycles. The molecule has 0 aromatic heterocycles. The predicted molar refractivity (Wildman–Crippen MR) is 92.8 cm³/mol. The number of carbonyl (C=O) groups is 1. The molecule has 1 atom stereocenters. The van der Waals surface area contributed by atoms with Crippen molar-refractivity contribution in [3.63, 3.8) is 0 Å². The third-order valence-electron chi connectivity index (χ3n) is 5.71. The van der Waals surface area contributed by atoms with Crippen LogP contribution in [0, 0.1) is 22.7 Å². The van der Waals surface area contributed by atoms with Crippen LogP contribution < -0.4 is 5.32 Å². The molecule has 0 bridgehead atoms. The maximum Gasteiger partial charge on any atom is 0.235 e. The third-order valence-corrected chi connectivity index (χ3v) is 5.71. The second kappa shape index (κ2) is 7.66. The van der Waals surface area contributed by atoms with E-state index in [9.17, 15) is 10.1 Å². The largest absolute Gasteiger partial charge is 0.337 e. The number of hydrogen-bond donors (Lipinski definition) is 1. The molecule has 1 N–H and O–H groups in total. The van der Waals surface area contributed by atoms with Gasteiger partial charge in [0.15, 0.2) is 0 Å². The zero-order valence-corrected chi connectivity index (χ0v) is 15.2. The van der Waals surface area contributed by atoms with Crippen LogP contribution in [0.1, 0.15) is 72.1 Å². The van der Waals surface area contributed by atoms with Gasteiger partial charge in [-0.1, -0.05) is 40.0 Å². The van der Waals surface area contributed by atoms with Gasteiger partial charge in [-0.05, 0) is 56.5 Å². The second-order valence-corrected chi connectivity index (χ2v) is 8.57. The molecule has 1 heterocycles. The normalized spacial score (nSPS) is 26.1. The average molecular weight is 319 g/mol. The van der Waals surface area contributed by atoms with Crippen LogP contribution in [0.4, 0.5) is 0 Å². The summed E-state index contributed by atoms with van der Waals surface area (Å²) in [5, 5.41) is 12.5. The van der Waals surface area contributed by atoms with Gasteiger partial charge >= 0.3 is 0 Å². The van der Waals surface area contributed by atoms with Crippen LogP contribution in [0.25, 0.3) is 0 Å². The van der Waals surface area contributed by atoms with Gasteiger partial charge in [-0.25, -0.2) is 0 Å². The summed E-state index contributed by atoms with van der Waals surface area (Å²) in [6.45, 7) is 9.40. The highest BCUT2D eigenvalue weighted by Gasteiger charge is 2.34. The molecule has 0 aromatic rings. The SMILES string of the molecule is CC(C)(C)C1CCCN(CC(=O)NC2(C#N)CCCCC2)CC1. The van der Waals surface area contributed by atoms with Gasteiger partial charge in [0.25, 0.3) is 0 Å². The van der Waals surface area contributed by atoms with E-state index < -0.39 is 5.54 Å². The van der Waals surface area contributed by atoms with Gasteiger partial charge in [0, 0.05) is 0 Å². The number of nitrogens with one attached hydrogen (secondary N) is 1. The van der Waals surface area contributed by atoms with E-state index in [2.05, 4.69) is 37.1 Å². The van der Waals surface area contributed by atoms with Crippen molar-refractivity contribution in [2.45, 2.75) is 77.7 Å². The fourth-order valence-corrected chi connectivity index (χ4v) is 4.11. The Kier molecular flexibility index (Phi) is 6.08. The summed E-state index contributed by atoms with van der Waals surface area (Å²) in [7, 11) is 0. The highest BCUT2D eigenvalue weighted by molar-refractivity contribution is 5.79. The molecule has 130 valence electrons. The van der Waals surface area contributed by atoms with Crippen LogP contribution in [0.3, 0.4) is 0 Å². The number of carbonyl (C=O) groups excluding carboxylic acids is 1. The Labute approximate surface area is 141 Å². The third kappa shape index (κ3) is 5.21. The molecule has 2 fully saturated rings. The predicted octanol–water partition coefficient (Wildman–Crippen LogP) is 3.48. The molecule has 1 unspecified atom stereocenters. The van der Waals surface area contributed by atoms with Crippen molar-refractivity contribution >= 4 is 5.91 Å². The van der Waals surface area contributed by atoms with Crippen LogP contribution >= 0.6 is 0 Å². The quantitative estimate of drug-likeness (QED) is 0.866. The van der Waals surface area contributed by atoms with Crippen LogP contribution in [-0.4, -0.2) is 36.0 Å². The van der Waals surface area contributed by atoms with Gasteiger partial charge in [0.05, 0.1) is 12.6 Å². The fraction of sp³-hybridized carbons (Fsp3) is 0.895. The topological polar surface area (TPSA) is 56.1 Å². The first-order chi connectivity index (χ1) is 10.8. The molecular formula is C19H33N3O. The van der Waals surface area contributed by atoms with Gasteiger partial charge < -0.3 is 5.32 Å². The van der Waals surface area contributed by atoms with Gasteiger partial charge in [0.2, 0.25) is 5.91 Å². The summed E-state index contributed by atoms with van der Waals surface area (Å²) in [6.07, 6.45) is 8.47. The number of nitriles is 1. The van der Waals surface area contributed by atoms with Crippen LogP contribution in [0.15, 0.2) is 0 Å². The molecule has 23 heavy (non-hydrogen) atoms. The van der Waals surface area contributed by atoms with Gasteiger partial charge in [-0.2, -0.15) is 5.26 Å². The molecule has 0 spiro atoms. The summed E-state index contributed by atoms with van der Waals surface area (Å²) in [5.41, 5.74) is -0.250. The molecule has 1 aliphatic heterocycles. The van der Waals surface area contributed by atoms with E-state index in [0.29, 0.717) is 12.0 Å². The minimum absolute atomic E-state index is 0.0302. The summed E-state index contributed by atoms with van der Waals surface area (Å²) in [5.74, 6) is 0.766. The highest BCUT2D eigenvalue weighted by atomic mass is 16.2. The lowest BCUT2D eigenvalue weighted by Crippen LogP contribution is -2.51. The smallest absolute Gasteiger partial charge is 0.235 e. The van der Waals surface area contributed by atoms with Crippen molar-refractivity contribution in [1.29, 1.82) is 5.26 Å². The van der Waals surface area contributed by atoms with Gasteiger partial charge in [0.1, 0.15) is 5.54 Å². The number of rotatable bonds is 3. The first-order valence-electron chi connectivity index (χ1n) is 9.29. The Bertz CT molecular complexity index is 441. The molecule has 0 radical (unpaired) electrons. The minimum Gasteiger partial charge on any atom is -0.337 e. The Balaban J connectivity index is 1.84. The summed E-state index contributed by atoms with van der Waals surface area (Å²) >= 11 is 0. The molecule has 1 aliphatic carbocycles. The Morgan fingerprint density at radius 1 is 1.17 bits per heavy atom. The molecule has 4 nitrogen and oxygen atoms in total. The first-order valence-corrected chi connectivity index (χ1v) is 9.29. The first kappa shape index (κ1) is 18.3. The molecule has 2 aliphatic rings. The lowest BCUT2D eigenvalue weighted by Gasteiger charge is -2.32. The lowest BCUT2D eigenvalue weighted by atomic mass is 9.77. The summed E-state index contributed by atoms with van der Waals surface area (Å²) in [4.78, 5) is 14.7. The number of amides is 1. The van der Waals surface area contributed by atoms with Crippen molar-refractivity contribution < 1.29 is 4.79 Å². The van der Waals surface area contributed by atoms with E-state index in [0.717, 1.165) is 44.7 Å². The van der Waals surface area contributed by atoms with Crippen LogP contribution in [0.5, 0.6) is 0 Å².